The summed E-state index contributed by atoms with van der Waals surface area (Å²) in [4.78, 5) is 0. The lowest BCUT2D eigenvalue weighted by Gasteiger charge is -2.25. The number of fused-ring (bicyclic) bond motifs is 3. The van der Waals surface area contributed by atoms with Gasteiger partial charge in [0.05, 0.1) is 5.30 Å². The highest BCUT2D eigenvalue weighted by Gasteiger charge is 2.30. The van der Waals surface area contributed by atoms with E-state index in [0.29, 0.717) is 5.75 Å². The van der Waals surface area contributed by atoms with Crippen molar-refractivity contribution in [3.05, 3.63) is 109 Å². The third kappa shape index (κ3) is 4.44. The number of hydrogen-bond donors (Lipinski definition) is 0. The zero-order valence-electron chi connectivity index (χ0n) is 17.5. The van der Waals surface area contributed by atoms with Gasteiger partial charge in [-0.2, -0.15) is 0 Å². The van der Waals surface area contributed by atoms with E-state index in [4.69, 9.17) is 4.52 Å². The molecule has 0 radical (unpaired) electrons. The van der Waals surface area contributed by atoms with E-state index in [0.717, 1.165) is 27.0 Å². The van der Waals surface area contributed by atoms with Gasteiger partial charge in [0.1, 0.15) is 12.9 Å². The Morgan fingerprint density at radius 2 is 1.10 bits per heavy atom. The molecule has 0 aliphatic carbocycles. The first-order valence-corrected chi connectivity index (χ1v) is 14.3. The van der Waals surface area contributed by atoms with Gasteiger partial charge >= 0.3 is 0 Å². The zero-order chi connectivity index (χ0) is 21.9. The summed E-state index contributed by atoms with van der Waals surface area (Å²) in [5.41, 5.74) is 2.04. The Morgan fingerprint density at radius 1 is 0.645 bits per heavy atom. The Labute approximate surface area is 183 Å². The van der Waals surface area contributed by atoms with Gasteiger partial charge in [0.15, 0.2) is 0 Å². The van der Waals surface area contributed by atoms with E-state index in [1.165, 1.54) is 0 Å². The molecule has 0 N–H and O–H groups in total. The molecule has 1 aliphatic heterocycles. The second-order valence-electron chi connectivity index (χ2n) is 7.55. The maximum Gasteiger partial charge on any atom is 0.274 e. The molecule has 4 aromatic carbocycles. The van der Waals surface area contributed by atoms with Gasteiger partial charge in [-0.3, -0.25) is 4.57 Å². The summed E-state index contributed by atoms with van der Waals surface area (Å²) >= 11 is 0. The highest BCUT2D eigenvalue weighted by atomic mass is 31.2. The molecule has 5 heteroatoms. The maximum absolute atomic E-state index is 12.6. The van der Waals surface area contributed by atoms with Gasteiger partial charge in [-0.1, -0.05) is 97.1 Å². The Balaban J connectivity index is 0.000000150. The van der Waals surface area contributed by atoms with Crippen LogP contribution in [0.25, 0.3) is 11.1 Å². The number of para-hydroxylation sites is 1. The van der Waals surface area contributed by atoms with Crippen LogP contribution in [0, 0.1) is 0 Å². The van der Waals surface area contributed by atoms with Crippen molar-refractivity contribution in [2.24, 2.45) is 0 Å². The van der Waals surface area contributed by atoms with Gasteiger partial charge in [-0.15, -0.1) is 0 Å². The van der Waals surface area contributed by atoms with Crippen molar-refractivity contribution in [3.63, 3.8) is 0 Å². The molecule has 0 amide bonds. The molecule has 5 rings (SSSR count). The lowest BCUT2D eigenvalue weighted by molar-refractivity contribution is 0.497. The summed E-state index contributed by atoms with van der Waals surface area (Å²) in [5.74, 6) is 0.715. The molecule has 0 saturated heterocycles. The highest BCUT2D eigenvalue weighted by Crippen LogP contribution is 2.51. The van der Waals surface area contributed by atoms with Crippen molar-refractivity contribution in [1.29, 1.82) is 0 Å². The molecule has 156 valence electrons. The van der Waals surface area contributed by atoms with Gasteiger partial charge in [-0.05, 0) is 24.4 Å². The standard InChI is InChI=1S/C13H11O2P.C13H13OP/c1-16(14)13-9-5-3-7-11(13)10-6-2-4-8-12(10)15-16;1-15(14,12-8-4-2-5-9-12)13-10-6-3-7-11-13/h2-9H,1H3;2-11H,1H3. The molecule has 3 nitrogen and oxygen atoms in total. The van der Waals surface area contributed by atoms with Crippen molar-refractivity contribution in [3.8, 4) is 16.9 Å². The van der Waals surface area contributed by atoms with Crippen molar-refractivity contribution >= 4 is 30.4 Å². The van der Waals surface area contributed by atoms with Gasteiger partial charge in [0.25, 0.3) is 7.37 Å². The number of rotatable bonds is 2. The minimum atomic E-state index is -2.71. The second kappa shape index (κ2) is 8.71. The van der Waals surface area contributed by atoms with Crippen LogP contribution in [0.15, 0.2) is 109 Å². The van der Waals surface area contributed by atoms with Crippen LogP contribution in [0.2, 0.25) is 0 Å². The fourth-order valence-corrected chi connectivity index (χ4v) is 7.04. The average Bonchev–Trinajstić information content (AvgIpc) is 2.81. The molecule has 31 heavy (non-hydrogen) atoms. The number of benzene rings is 4. The topological polar surface area (TPSA) is 43.4 Å². The molecule has 1 aliphatic rings. The lowest BCUT2D eigenvalue weighted by atomic mass is 10.0. The maximum atomic E-state index is 12.6. The van der Waals surface area contributed by atoms with Crippen LogP contribution in [0.3, 0.4) is 0 Å². The minimum absolute atomic E-state index is 0.715. The first-order chi connectivity index (χ1) is 14.9. The minimum Gasteiger partial charge on any atom is -0.439 e. The molecular weight excluding hydrogens is 422 g/mol. The smallest absolute Gasteiger partial charge is 0.274 e. The van der Waals surface area contributed by atoms with E-state index in [-0.39, 0.29) is 0 Å². The Morgan fingerprint density at radius 3 is 1.68 bits per heavy atom. The molecule has 0 bridgehead atoms. The largest absolute Gasteiger partial charge is 0.439 e. The normalized spacial score (nSPS) is 16.7. The second-order valence-corrected chi connectivity index (χ2v) is 12.8. The SMILES string of the molecule is CP(=O)(c1ccccc1)c1ccccc1.CP1(=O)Oc2ccccc2-c2ccccc21. The van der Waals surface area contributed by atoms with Crippen LogP contribution in [0.5, 0.6) is 5.75 Å². The summed E-state index contributed by atoms with van der Waals surface area (Å²) < 4.78 is 30.6. The molecule has 1 atom stereocenters. The molecule has 1 heterocycles. The van der Waals surface area contributed by atoms with Crippen LogP contribution >= 0.6 is 14.5 Å². The van der Waals surface area contributed by atoms with Crippen molar-refractivity contribution in [2.45, 2.75) is 0 Å². The van der Waals surface area contributed by atoms with Crippen LogP contribution in [-0.4, -0.2) is 13.3 Å². The Kier molecular flexibility index (Phi) is 6.01. The van der Waals surface area contributed by atoms with Gasteiger partial charge < -0.3 is 9.09 Å². The van der Waals surface area contributed by atoms with Gasteiger partial charge in [0, 0.05) is 22.8 Å². The first-order valence-electron chi connectivity index (χ1n) is 10.0. The molecule has 0 saturated carbocycles. The van der Waals surface area contributed by atoms with Crippen LogP contribution in [-0.2, 0) is 9.13 Å². The Hall–Kier alpha value is -2.86. The third-order valence-electron chi connectivity index (χ3n) is 5.29. The molecule has 0 fully saturated rings. The molecule has 1 unspecified atom stereocenters. The molecular formula is C26H24O3P2. The summed E-state index contributed by atoms with van der Waals surface area (Å²) in [7, 11) is -5.11. The summed E-state index contributed by atoms with van der Waals surface area (Å²) in [6.45, 7) is 3.49. The molecule has 0 aromatic heterocycles. The predicted octanol–water partition coefficient (Wildman–Crippen LogP) is 5.91. The zero-order valence-corrected chi connectivity index (χ0v) is 19.3. The van der Waals surface area contributed by atoms with Crippen LogP contribution in [0.4, 0.5) is 0 Å². The third-order valence-corrected chi connectivity index (χ3v) is 9.67. The number of hydrogen-bond acceptors (Lipinski definition) is 3. The van der Waals surface area contributed by atoms with Crippen molar-refractivity contribution in [1.82, 2.24) is 0 Å². The predicted molar refractivity (Wildman–Crippen MR) is 131 cm³/mol. The monoisotopic (exact) mass is 446 g/mol. The summed E-state index contributed by atoms with van der Waals surface area (Å²) in [6, 6.07) is 34.7. The first kappa shape index (κ1) is 21.4. The summed E-state index contributed by atoms with van der Waals surface area (Å²) in [6.07, 6.45) is 0. The van der Waals surface area contributed by atoms with E-state index in [1.54, 1.807) is 6.66 Å². The summed E-state index contributed by atoms with van der Waals surface area (Å²) in [5, 5.41) is 2.64. The van der Waals surface area contributed by atoms with E-state index in [9.17, 15) is 9.13 Å². The highest BCUT2D eigenvalue weighted by molar-refractivity contribution is 7.78. The van der Waals surface area contributed by atoms with E-state index in [2.05, 4.69) is 0 Å². The molecule has 0 spiro atoms. The fourth-order valence-electron chi connectivity index (χ4n) is 3.64. The van der Waals surface area contributed by atoms with Crippen molar-refractivity contribution in [2.75, 3.05) is 13.3 Å². The van der Waals surface area contributed by atoms with Crippen LogP contribution < -0.4 is 20.4 Å². The van der Waals surface area contributed by atoms with E-state index in [1.807, 2.05) is 116 Å². The Bertz CT molecular complexity index is 1240. The average molecular weight is 446 g/mol. The fraction of sp³-hybridized carbons (Fsp3) is 0.0769. The lowest BCUT2D eigenvalue weighted by Crippen LogP contribution is -2.16. The van der Waals surface area contributed by atoms with Gasteiger partial charge in [0.2, 0.25) is 0 Å². The van der Waals surface area contributed by atoms with Crippen LogP contribution in [0.1, 0.15) is 0 Å². The van der Waals surface area contributed by atoms with E-state index >= 15 is 0 Å². The van der Waals surface area contributed by atoms with Crippen molar-refractivity contribution < 1.29 is 13.7 Å². The quantitative estimate of drug-likeness (QED) is 0.360. The van der Waals surface area contributed by atoms with E-state index < -0.39 is 14.5 Å². The molecule has 4 aromatic rings. The van der Waals surface area contributed by atoms with Gasteiger partial charge in [-0.25, -0.2) is 0 Å².